The SMILES string of the molecule is CC(C(=O)NC1CCCCC1)N(Cc1ccccc1)C(=O)CN(c1cc(Cl)ccc1Cl)S(=O)(=O)c1ccccc1. The van der Waals surface area contributed by atoms with Gasteiger partial charge in [-0.05, 0) is 55.7 Å². The molecule has 212 valence electrons. The Kier molecular flexibility index (Phi) is 10.1. The van der Waals surface area contributed by atoms with Gasteiger partial charge in [-0.15, -0.1) is 0 Å². The molecular formula is C30H33Cl2N3O4S. The van der Waals surface area contributed by atoms with E-state index in [0.717, 1.165) is 42.0 Å². The molecule has 1 aliphatic carbocycles. The third-order valence-electron chi connectivity index (χ3n) is 7.10. The first-order valence-electron chi connectivity index (χ1n) is 13.3. The Morgan fingerprint density at radius 2 is 1.55 bits per heavy atom. The number of benzene rings is 3. The van der Waals surface area contributed by atoms with Gasteiger partial charge in [0.1, 0.15) is 12.6 Å². The molecule has 7 nitrogen and oxygen atoms in total. The van der Waals surface area contributed by atoms with Gasteiger partial charge >= 0.3 is 0 Å². The van der Waals surface area contributed by atoms with Crippen LogP contribution in [0.5, 0.6) is 0 Å². The first-order valence-corrected chi connectivity index (χ1v) is 15.5. The molecule has 0 radical (unpaired) electrons. The normalized spacial score (nSPS) is 14.8. The number of halogens is 2. The van der Waals surface area contributed by atoms with Crippen LogP contribution in [0.25, 0.3) is 0 Å². The van der Waals surface area contributed by atoms with Gasteiger partial charge in [-0.1, -0.05) is 91.0 Å². The molecule has 1 N–H and O–H groups in total. The summed E-state index contributed by atoms with van der Waals surface area (Å²) < 4.78 is 28.7. The Balaban J connectivity index is 1.68. The lowest BCUT2D eigenvalue weighted by Crippen LogP contribution is -2.53. The molecule has 1 saturated carbocycles. The fourth-order valence-corrected chi connectivity index (χ4v) is 6.72. The van der Waals surface area contributed by atoms with E-state index in [0.29, 0.717) is 0 Å². The average molecular weight is 603 g/mol. The summed E-state index contributed by atoms with van der Waals surface area (Å²) in [6, 6.07) is 20.8. The number of amides is 2. The van der Waals surface area contributed by atoms with E-state index >= 15 is 0 Å². The first kappa shape index (κ1) is 29.9. The van der Waals surface area contributed by atoms with Crippen molar-refractivity contribution in [3.63, 3.8) is 0 Å². The zero-order valence-electron chi connectivity index (χ0n) is 22.3. The Morgan fingerprint density at radius 1 is 0.925 bits per heavy atom. The quantitative estimate of drug-likeness (QED) is 0.306. The molecule has 1 fully saturated rings. The monoisotopic (exact) mass is 601 g/mol. The molecule has 1 atom stereocenters. The van der Waals surface area contributed by atoms with Crippen LogP contribution in [-0.2, 0) is 26.2 Å². The van der Waals surface area contributed by atoms with Gasteiger partial charge in [0.05, 0.1) is 15.6 Å². The van der Waals surface area contributed by atoms with E-state index in [1.165, 1.54) is 29.2 Å². The van der Waals surface area contributed by atoms with Crippen LogP contribution in [0.2, 0.25) is 10.0 Å². The molecule has 2 amide bonds. The lowest BCUT2D eigenvalue weighted by Gasteiger charge is -2.33. The van der Waals surface area contributed by atoms with Crippen LogP contribution in [0, 0.1) is 0 Å². The number of carbonyl (C=O) groups is 2. The summed E-state index contributed by atoms with van der Waals surface area (Å²) in [6.45, 7) is 1.22. The second kappa shape index (κ2) is 13.5. The van der Waals surface area contributed by atoms with E-state index in [9.17, 15) is 18.0 Å². The molecular weight excluding hydrogens is 569 g/mol. The molecule has 3 aromatic carbocycles. The van der Waals surface area contributed by atoms with Crippen LogP contribution >= 0.6 is 23.2 Å². The van der Waals surface area contributed by atoms with Gasteiger partial charge < -0.3 is 10.2 Å². The highest BCUT2D eigenvalue weighted by Gasteiger charge is 2.34. The summed E-state index contributed by atoms with van der Waals surface area (Å²) in [4.78, 5) is 28.8. The van der Waals surface area contributed by atoms with Gasteiger partial charge in [0.15, 0.2) is 0 Å². The molecule has 3 aromatic rings. The Morgan fingerprint density at radius 3 is 2.20 bits per heavy atom. The Labute approximate surface area is 246 Å². The zero-order valence-corrected chi connectivity index (χ0v) is 24.6. The van der Waals surface area contributed by atoms with Crippen molar-refractivity contribution in [1.29, 1.82) is 0 Å². The van der Waals surface area contributed by atoms with Crippen molar-refractivity contribution in [1.82, 2.24) is 10.2 Å². The maximum absolute atomic E-state index is 14.0. The van der Waals surface area contributed by atoms with Crippen LogP contribution in [0.4, 0.5) is 5.69 Å². The minimum absolute atomic E-state index is 0.00320. The van der Waals surface area contributed by atoms with Crippen LogP contribution in [-0.4, -0.2) is 43.8 Å². The van der Waals surface area contributed by atoms with Crippen molar-refractivity contribution in [2.75, 3.05) is 10.8 Å². The van der Waals surface area contributed by atoms with Gasteiger partial charge in [0, 0.05) is 17.6 Å². The maximum atomic E-state index is 14.0. The van der Waals surface area contributed by atoms with Gasteiger partial charge in [0.25, 0.3) is 10.0 Å². The van der Waals surface area contributed by atoms with E-state index in [-0.39, 0.29) is 39.1 Å². The molecule has 0 spiro atoms. The smallest absolute Gasteiger partial charge is 0.264 e. The van der Waals surface area contributed by atoms with Crippen LogP contribution in [0.15, 0.2) is 83.8 Å². The van der Waals surface area contributed by atoms with Crippen molar-refractivity contribution in [2.45, 2.75) is 62.6 Å². The summed E-state index contributed by atoms with van der Waals surface area (Å²) in [5.41, 5.74) is 0.886. The highest BCUT2D eigenvalue weighted by Crippen LogP contribution is 2.33. The highest BCUT2D eigenvalue weighted by molar-refractivity contribution is 7.92. The summed E-state index contributed by atoms with van der Waals surface area (Å²) in [5, 5.41) is 3.48. The molecule has 0 saturated heterocycles. The Bertz CT molecular complexity index is 1420. The van der Waals surface area contributed by atoms with Crippen molar-refractivity contribution in [3.05, 3.63) is 94.5 Å². The molecule has 0 bridgehead atoms. The predicted octanol–water partition coefficient (Wildman–Crippen LogP) is 6.05. The number of nitrogens with one attached hydrogen (secondary N) is 1. The van der Waals surface area contributed by atoms with Crippen molar-refractivity contribution >= 4 is 50.7 Å². The predicted molar refractivity (Wildman–Crippen MR) is 159 cm³/mol. The number of rotatable bonds is 10. The number of nitrogens with zero attached hydrogens (tertiary/aromatic N) is 2. The molecule has 40 heavy (non-hydrogen) atoms. The van der Waals surface area contributed by atoms with Crippen LogP contribution < -0.4 is 9.62 Å². The standard InChI is InChI=1S/C30H33Cl2N3O4S/c1-22(30(37)33-25-13-7-3-8-14-25)34(20-23-11-5-2-6-12-23)29(36)21-35(28-19-24(31)17-18-27(28)32)40(38,39)26-15-9-4-10-16-26/h2,4-6,9-12,15-19,22,25H,3,7-8,13-14,20-21H2,1H3,(H,33,37). The second-order valence-electron chi connectivity index (χ2n) is 9.95. The third kappa shape index (κ3) is 7.36. The van der Waals surface area contributed by atoms with E-state index in [1.807, 2.05) is 30.3 Å². The topological polar surface area (TPSA) is 86.8 Å². The lowest BCUT2D eigenvalue weighted by molar-refractivity contribution is -0.139. The largest absolute Gasteiger partial charge is 0.352 e. The molecule has 1 unspecified atom stereocenters. The number of carbonyl (C=O) groups excluding carboxylic acids is 2. The number of anilines is 1. The fourth-order valence-electron chi connectivity index (χ4n) is 4.84. The third-order valence-corrected chi connectivity index (χ3v) is 9.43. The summed E-state index contributed by atoms with van der Waals surface area (Å²) in [5.74, 6) is -0.819. The lowest BCUT2D eigenvalue weighted by atomic mass is 9.95. The molecule has 0 aliphatic heterocycles. The molecule has 4 rings (SSSR count). The number of hydrogen-bond donors (Lipinski definition) is 1. The molecule has 1 aliphatic rings. The zero-order chi connectivity index (χ0) is 28.7. The van der Waals surface area contributed by atoms with Gasteiger partial charge in [0.2, 0.25) is 11.8 Å². The fraction of sp³-hybridized carbons (Fsp3) is 0.333. The van der Waals surface area contributed by atoms with E-state index in [4.69, 9.17) is 23.2 Å². The number of hydrogen-bond acceptors (Lipinski definition) is 4. The Hall–Kier alpha value is -3.07. The molecule has 10 heteroatoms. The van der Waals surface area contributed by atoms with Crippen LogP contribution in [0.1, 0.15) is 44.6 Å². The highest BCUT2D eigenvalue weighted by atomic mass is 35.5. The molecule has 0 heterocycles. The minimum Gasteiger partial charge on any atom is -0.352 e. The summed E-state index contributed by atoms with van der Waals surface area (Å²) in [7, 11) is -4.22. The second-order valence-corrected chi connectivity index (χ2v) is 12.7. The number of sulfonamides is 1. The van der Waals surface area contributed by atoms with Crippen LogP contribution in [0.3, 0.4) is 0 Å². The molecule has 0 aromatic heterocycles. The van der Waals surface area contributed by atoms with Gasteiger partial charge in [-0.2, -0.15) is 0 Å². The van der Waals surface area contributed by atoms with Crippen molar-refractivity contribution < 1.29 is 18.0 Å². The van der Waals surface area contributed by atoms with Crippen molar-refractivity contribution in [3.8, 4) is 0 Å². The summed E-state index contributed by atoms with van der Waals surface area (Å²) >= 11 is 12.7. The van der Waals surface area contributed by atoms with Crippen molar-refractivity contribution in [2.24, 2.45) is 0 Å². The maximum Gasteiger partial charge on any atom is 0.264 e. The average Bonchev–Trinajstić information content (AvgIpc) is 2.97. The summed E-state index contributed by atoms with van der Waals surface area (Å²) in [6.07, 6.45) is 5.07. The van der Waals surface area contributed by atoms with E-state index in [1.54, 1.807) is 31.2 Å². The van der Waals surface area contributed by atoms with Gasteiger partial charge in [-0.25, -0.2) is 8.42 Å². The first-order chi connectivity index (χ1) is 19.2. The van der Waals surface area contributed by atoms with Gasteiger partial charge in [-0.3, -0.25) is 13.9 Å². The minimum atomic E-state index is -4.22. The van der Waals surface area contributed by atoms with E-state index < -0.39 is 28.5 Å². The van der Waals surface area contributed by atoms with E-state index in [2.05, 4.69) is 5.32 Å².